The van der Waals surface area contributed by atoms with Crippen molar-refractivity contribution in [2.75, 3.05) is 18.5 Å². The molecule has 0 aromatic heterocycles. The molecule has 0 spiro atoms. The van der Waals surface area contributed by atoms with Crippen LogP contribution in [0.15, 0.2) is 48.5 Å². The van der Waals surface area contributed by atoms with Crippen LogP contribution < -0.4 is 10.7 Å². The van der Waals surface area contributed by atoms with Crippen LogP contribution in [-0.4, -0.2) is 41.9 Å². The lowest BCUT2D eigenvalue weighted by molar-refractivity contribution is -0.151. The van der Waals surface area contributed by atoms with Crippen LogP contribution in [0.4, 0.5) is 5.69 Å². The van der Waals surface area contributed by atoms with Crippen LogP contribution in [0.1, 0.15) is 27.9 Å². The van der Waals surface area contributed by atoms with Gasteiger partial charge in [-0.05, 0) is 37.1 Å². The summed E-state index contributed by atoms with van der Waals surface area (Å²) in [5.41, 5.74) is 5.39. The lowest BCUT2D eigenvalue weighted by atomic mass is 10.1. The fourth-order valence-corrected chi connectivity index (χ4v) is 3.19. The van der Waals surface area contributed by atoms with E-state index in [1.165, 1.54) is 0 Å². The molecule has 2 aromatic carbocycles. The first-order valence-electron chi connectivity index (χ1n) is 9.54. The monoisotopic (exact) mass is 409 g/mol. The van der Waals surface area contributed by atoms with Gasteiger partial charge in [0, 0.05) is 17.7 Å². The number of hydrogen-bond acceptors (Lipinski definition) is 5. The van der Waals surface area contributed by atoms with Crippen LogP contribution in [0.2, 0.25) is 0 Å². The third kappa shape index (κ3) is 5.02. The van der Waals surface area contributed by atoms with Crippen molar-refractivity contribution in [1.82, 2.24) is 10.4 Å². The Morgan fingerprint density at radius 3 is 2.37 bits per heavy atom. The van der Waals surface area contributed by atoms with Gasteiger partial charge >= 0.3 is 5.97 Å². The van der Waals surface area contributed by atoms with E-state index < -0.39 is 30.3 Å². The maximum atomic E-state index is 12.3. The summed E-state index contributed by atoms with van der Waals surface area (Å²) in [6.45, 7) is 3.29. The molecule has 0 radical (unpaired) electrons. The molecule has 8 nitrogen and oxygen atoms in total. The van der Waals surface area contributed by atoms with Crippen molar-refractivity contribution in [3.05, 3.63) is 65.2 Å². The number of nitrogens with zero attached hydrogens (tertiary/aromatic N) is 1. The molecule has 2 N–H and O–H groups in total. The maximum Gasteiger partial charge on any atom is 0.311 e. The molecule has 1 saturated heterocycles. The maximum absolute atomic E-state index is 12.3. The molecule has 1 fully saturated rings. The lowest BCUT2D eigenvalue weighted by Gasteiger charge is -2.17. The van der Waals surface area contributed by atoms with Crippen LogP contribution in [0, 0.1) is 19.8 Å². The minimum atomic E-state index is -0.749. The molecule has 1 aliphatic heterocycles. The number of nitrogens with one attached hydrogen (secondary N) is 2. The van der Waals surface area contributed by atoms with Crippen molar-refractivity contribution in [1.29, 1.82) is 0 Å². The molecule has 0 aliphatic carbocycles. The van der Waals surface area contributed by atoms with Gasteiger partial charge in [0.15, 0.2) is 6.61 Å². The highest BCUT2D eigenvalue weighted by Gasteiger charge is 2.36. The normalized spacial score (nSPS) is 15.6. The summed E-state index contributed by atoms with van der Waals surface area (Å²) >= 11 is 0. The van der Waals surface area contributed by atoms with E-state index >= 15 is 0 Å². The second kappa shape index (κ2) is 9.21. The van der Waals surface area contributed by atoms with E-state index in [9.17, 15) is 19.2 Å². The van der Waals surface area contributed by atoms with Crippen LogP contribution in [0.5, 0.6) is 0 Å². The third-order valence-electron chi connectivity index (χ3n) is 4.82. The SMILES string of the molecule is Cc1cccc(C)c1NC(=O)COC(=O)[C@H]1CC(=O)N(NC(=O)c2ccccc2)C1. The lowest BCUT2D eigenvalue weighted by Crippen LogP contribution is -2.43. The molecular formula is C22H23N3O5. The summed E-state index contributed by atoms with van der Waals surface area (Å²) < 4.78 is 5.08. The van der Waals surface area contributed by atoms with E-state index in [1.807, 2.05) is 32.0 Å². The number of benzene rings is 2. The Kier molecular flexibility index (Phi) is 6.46. The van der Waals surface area contributed by atoms with Crippen molar-refractivity contribution in [2.45, 2.75) is 20.3 Å². The molecular weight excluding hydrogens is 386 g/mol. The van der Waals surface area contributed by atoms with Crippen molar-refractivity contribution in [3.8, 4) is 0 Å². The minimum Gasteiger partial charge on any atom is -0.455 e. The highest BCUT2D eigenvalue weighted by molar-refractivity contribution is 5.97. The average Bonchev–Trinajstić information content (AvgIpc) is 3.10. The summed E-state index contributed by atoms with van der Waals surface area (Å²) in [6, 6.07) is 14.1. The number of aryl methyl sites for hydroxylation is 2. The van der Waals surface area contributed by atoms with E-state index in [-0.39, 0.29) is 18.9 Å². The van der Waals surface area contributed by atoms with Gasteiger partial charge in [-0.3, -0.25) is 29.6 Å². The number of ether oxygens (including phenoxy) is 1. The number of rotatable bonds is 6. The molecule has 30 heavy (non-hydrogen) atoms. The Balaban J connectivity index is 1.49. The first-order valence-corrected chi connectivity index (χ1v) is 9.54. The number of hydrazine groups is 1. The zero-order chi connectivity index (χ0) is 21.7. The first kappa shape index (κ1) is 21.0. The topological polar surface area (TPSA) is 105 Å². The Morgan fingerprint density at radius 2 is 1.70 bits per heavy atom. The second-order valence-electron chi connectivity index (χ2n) is 7.14. The van der Waals surface area contributed by atoms with Gasteiger partial charge < -0.3 is 10.1 Å². The van der Waals surface area contributed by atoms with E-state index in [1.54, 1.807) is 30.3 Å². The molecule has 1 aliphatic rings. The number of anilines is 1. The third-order valence-corrected chi connectivity index (χ3v) is 4.82. The van der Waals surface area contributed by atoms with Crippen molar-refractivity contribution < 1.29 is 23.9 Å². The molecule has 3 rings (SSSR count). The van der Waals surface area contributed by atoms with Crippen LogP contribution >= 0.6 is 0 Å². The Morgan fingerprint density at radius 1 is 1.03 bits per heavy atom. The molecule has 2 aromatic rings. The number of carbonyl (C=O) groups is 4. The van der Waals surface area contributed by atoms with E-state index in [0.717, 1.165) is 16.1 Å². The quantitative estimate of drug-likeness (QED) is 0.710. The fourth-order valence-electron chi connectivity index (χ4n) is 3.19. The van der Waals surface area contributed by atoms with E-state index in [4.69, 9.17) is 4.74 Å². The van der Waals surface area contributed by atoms with Gasteiger partial charge in [-0.1, -0.05) is 36.4 Å². The van der Waals surface area contributed by atoms with Crippen molar-refractivity contribution >= 4 is 29.4 Å². The summed E-state index contributed by atoms with van der Waals surface area (Å²) in [5.74, 6) is -2.69. The fraction of sp³-hybridized carbons (Fsp3) is 0.273. The Hall–Kier alpha value is -3.68. The van der Waals surface area contributed by atoms with Crippen LogP contribution in [0.25, 0.3) is 0 Å². The van der Waals surface area contributed by atoms with E-state index in [0.29, 0.717) is 11.3 Å². The van der Waals surface area contributed by atoms with Gasteiger partial charge in [0.2, 0.25) is 5.91 Å². The van der Waals surface area contributed by atoms with Crippen molar-refractivity contribution in [2.24, 2.45) is 5.92 Å². The Labute approximate surface area is 174 Å². The van der Waals surface area contributed by atoms with Gasteiger partial charge in [0.1, 0.15) is 0 Å². The molecule has 156 valence electrons. The van der Waals surface area contributed by atoms with Gasteiger partial charge in [-0.25, -0.2) is 0 Å². The summed E-state index contributed by atoms with van der Waals surface area (Å²) in [6.07, 6.45) is -0.0908. The molecule has 3 amide bonds. The standard InChI is InChI=1S/C22H23N3O5/c1-14-7-6-8-15(2)20(14)23-18(26)13-30-22(29)17-11-19(27)25(12-17)24-21(28)16-9-4-3-5-10-16/h3-10,17H,11-13H2,1-2H3,(H,23,26)(H,24,28)/t17-/m0/s1. The van der Waals surface area contributed by atoms with Gasteiger partial charge in [0.25, 0.3) is 11.8 Å². The number of esters is 1. The number of hydrogen-bond donors (Lipinski definition) is 2. The minimum absolute atomic E-state index is 0.00520. The summed E-state index contributed by atoms with van der Waals surface area (Å²) in [5, 5.41) is 3.84. The van der Waals surface area contributed by atoms with Crippen LogP contribution in [0.3, 0.4) is 0 Å². The highest BCUT2D eigenvalue weighted by Crippen LogP contribution is 2.20. The predicted molar refractivity (Wildman–Crippen MR) is 109 cm³/mol. The number of para-hydroxylation sites is 1. The zero-order valence-electron chi connectivity index (χ0n) is 16.8. The number of carbonyl (C=O) groups excluding carboxylic acids is 4. The number of amides is 3. The second-order valence-corrected chi connectivity index (χ2v) is 7.14. The molecule has 0 saturated carbocycles. The molecule has 0 unspecified atom stereocenters. The van der Waals surface area contributed by atoms with E-state index in [2.05, 4.69) is 10.7 Å². The van der Waals surface area contributed by atoms with Crippen molar-refractivity contribution in [3.63, 3.8) is 0 Å². The zero-order valence-corrected chi connectivity index (χ0v) is 16.8. The molecule has 1 heterocycles. The van der Waals surface area contributed by atoms with Gasteiger partial charge in [-0.15, -0.1) is 0 Å². The predicted octanol–water partition coefficient (Wildman–Crippen LogP) is 1.98. The highest BCUT2D eigenvalue weighted by atomic mass is 16.5. The summed E-state index contributed by atoms with van der Waals surface area (Å²) in [7, 11) is 0. The van der Waals surface area contributed by atoms with Gasteiger partial charge in [0.05, 0.1) is 12.5 Å². The molecule has 0 bridgehead atoms. The largest absolute Gasteiger partial charge is 0.455 e. The first-order chi connectivity index (χ1) is 14.3. The molecule has 8 heteroatoms. The smallest absolute Gasteiger partial charge is 0.311 e. The van der Waals surface area contributed by atoms with Crippen LogP contribution in [-0.2, 0) is 19.1 Å². The summed E-state index contributed by atoms with van der Waals surface area (Å²) in [4.78, 5) is 48.8. The molecule has 1 atom stereocenters. The average molecular weight is 409 g/mol. The Bertz CT molecular complexity index is 954. The van der Waals surface area contributed by atoms with Gasteiger partial charge in [-0.2, -0.15) is 0 Å².